The van der Waals surface area contributed by atoms with Crippen molar-refractivity contribution in [3.63, 3.8) is 0 Å². The van der Waals surface area contributed by atoms with E-state index in [9.17, 15) is 9.59 Å². The molecule has 0 heterocycles. The number of anilines is 1. The van der Waals surface area contributed by atoms with Crippen LogP contribution in [-0.2, 0) is 11.2 Å². The number of hydrogen-bond donors (Lipinski definition) is 2. The van der Waals surface area contributed by atoms with Crippen molar-refractivity contribution in [1.82, 2.24) is 5.32 Å². The van der Waals surface area contributed by atoms with Gasteiger partial charge in [-0.2, -0.15) is 0 Å². The molecule has 116 valence electrons. The minimum Gasteiger partial charge on any atom is -0.341 e. The molecule has 0 spiro atoms. The van der Waals surface area contributed by atoms with Crippen LogP contribution in [0, 0.1) is 12.3 Å². The minimum atomic E-state index is -0.328. The summed E-state index contributed by atoms with van der Waals surface area (Å²) >= 11 is 5.82. The molecule has 0 radical (unpaired) electrons. The second-order valence-electron chi connectivity index (χ2n) is 4.78. The zero-order valence-electron chi connectivity index (χ0n) is 12.3. The van der Waals surface area contributed by atoms with Crippen molar-refractivity contribution in [1.29, 1.82) is 0 Å². The third kappa shape index (κ3) is 4.87. The van der Waals surface area contributed by atoms with Crippen LogP contribution in [-0.4, -0.2) is 18.4 Å². The highest BCUT2D eigenvalue weighted by atomic mass is 35.5. The summed E-state index contributed by atoms with van der Waals surface area (Å²) in [5.74, 6) is 1.79. The summed E-state index contributed by atoms with van der Waals surface area (Å²) < 4.78 is 0. The van der Waals surface area contributed by atoms with E-state index in [2.05, 4.69) is 16.6 Å². The quantitative estimate of drug-likeness (QED) is 0.830. The second kappa shape index (κ2) is 8.02. The fraction of sp³-hybridized carbons (Fsp3) is 0.111. The molecule has 2 rings (SSSR count). The lowest BCUT2D eigenvalue weighted by molar-refractivity contribution is -0.115. The molecule has 0 unspecified atom stereocenters. The molecule has 0 atom stereocenters. The van der Waals surface area contributed by atoms with Gasteiger partial charge in [0.15, 0.2) is 0 Å². The number of para-hydroxylation sites is 1. The van der Waals surface area contributed by atoms with Crippen molar-refractivity contribution in [2.45, 2.75) is 6.42 Å². The first-order valence-corrected chi connectivity index (χ1v) is 7.33. The van der Waals surface area contributed by atoms with Crippen molar-refractivity contribution in [3.05, 3.63) is 64.7 Å². The first-order chi connectivity index (χ1) is 11.1. The van der Waals surface area contributed by atoms with Gasteiger partial charge in [0, 0.05) is 5.02 Å². The number of rotatable bonds is 5. The Balaban J connectivity index is 2.07. The van der Waals surface area contributed by atoms with E-state index in [1.807, 2.05) is 0 Å². The average Bonchev–Trinajstić information content (AvgIpc) is 2.55. The maximum absolute atomic E-state index is 12.1. The maximum atomic E-state index is 12.1. The Kier molecular flexibility index (Phi) is 5.79. The average molecular weight is 327 g/mol. The van der Waals surface area contributed by atoms with Crippen molar-refractivity contribution in [2.24, 2.45) is 0 Å². The Bertz CT molecular complexity index is 748. The molecule has 2 aromatic rings. The smallest absolute Gasteiger partial charge is 0.254 e. The number of nitrogens with one attached hydrogen (secondary N) is 2. The molecular weight excluding hydrogens is 312 g/mol. The van der Waals surface area contributed by atoms with Gasteiger partial charge in [0.1, 0.15) is 0 Å². The molecule has 2 N–H and O–H groups in total. The Morgan fingerprint density at radius 1 is 1.09 bits per heavy atom. The molecule has 0 saturated carbocycles. The number of amides is 2. The molecule has 0 aliphatic rings. The van der Waals surface area contributed by atoms with E-state index in [0.29, 0.717) is 16.3 Å². The minimum absolute atomic E-state index is 0.131. The topological polar surface area (TPSA) is 58.2 Å². The number of carbonyl (C=O) groups is 2. The van der Waals surface area contributed by atoms with Gasteiger partial charge >= 0.3 is 0 Å². The summed E-state index contributed by atoms with van der Waals surface area (Å²) in [6.07, 6.45) is 5.32. The van der Waals surface area contributed by atoms with Crippen molar-refractivity contribution < 1.29 is 9.59 Å². The molecular formula is C18H15ClN2O2. The van der Waals surface area contributed by atoms with Gasteiger partial charge < -0.3 is 10.6 Å². The van der Waals surface area contributed by atoms with Gasteiger partial charge in [0.2, 0.25) is 5.91 Å². The monoisotopic (exact) mass is 326 g/mol. The molecule has 0 aliphatic carbocycles. The van der Waals surface area contributed by atoms with Gasteiger partial charge in [-0.3, -0.25) is 9.59 Å². The van der Waals surface area contributed by atoms with Gasteiger partial charge in [-0.05, 0) is 29.8 Å². The van der Waals surface area contributed by atoms with E-state index in [4.69, 9.17) is 18.0 Å². The summed E-state index contributed by atoms with van der Waals surface area (Å²) in [5, 5.41) is 5.94. The second-order valence-corrected chi connectivity index (χ2v) is 5.22. The number of hydrogen-bond acceptors (Lipinski definition) is 2. The predicted molar refractivity (Wildman–Crippen MR) is 91.4 cm³/mol. The molecule has 0 fully saturated rings. The SMILES string of the molecule is C#CCNC(=O)c1ccccc1NC(=O)Cc1ccc(Cl)cc1. The van der Waals surface area contributed by atoms with Crippen molar-refractivity contribution in [3.8, 4) is 12.3 Å². The summed E-state index contributed by atoms with van der Waals surface area (Å²) in [5.41, 5.74) is 1.65. The molecule has 0 aliphatic heterocycles. The summed E-state index contributed by atoms with van der Waals surface area (Å²) in [6, 6.07) is 13.8. The zero-order valence-corrected chi connectivity index (χ0v) is 13.1. The lowest BCUT2D eigenvalue weighted by atomic mass is 10.1. The van der Waals surface area contributed by atoms with E-state index in [-0.39, 0.29) is 24.8 Å². The van der Waals surface area contributed by atoms with Crippen molar-refractivity contribution >= 4 is 29.1 Å². The van der Waals surface area contributed by atoms with Crippen LogP contribution in [0.25, 0.3) is 0 Å². The number of terminal acetylenes is 1. The first kappa shape index (κ1) is 16.6. The maximum Gasteiger partial charge on any atom is 0.254 e. The first-order valence-electron chi connectivity index (χ1n) is 6.95. The molecule has 0 bridgehead atoms. The van der Waals surface area contributed by atoms with Crippen LogP contribution in [0.15, 0.2) is 48.5 Å². The third-order valence-corrected chi connectivity index (χ3v) is 3.33. The highest BCUT2D eigenvalue weighted by Gasteiger charge is 2.12. The summed E-state index contributed by atoms with van der Waals surface area (Å²) in [6.45, 7) is 0.131. The highest BCUT2D eigenvalue weighted by Crippen LogP contribution is 2.16. The Hall–Kier alpha value is -2.77. The summed E-state index contributed by atoms with van der Waals surface area (Å²) in [7, 11) is 0. The Morgan fingerprint density at radius 2 is 1.78 bits per heavy atom. The van der Waals surface area contributed by atoms with Gasteiger partial charge in [-0.15, -0.1) is 6.42 Å². The molecule has 5 heteroatoms. The van der Waals surface area contributed by atoms with E-state index in [1.165, 1.54) is 0 Å². The van der Waals surface area contributed by atoms with Crippen LogP contribution < -0.4 is 10.6 Å². The Labute approximate surface area is 139 Å². The molecule has 2 amide bonds. The van der Waals surface area contributed by atoms with Gasteiger partial charge in [-0.1, -0.05) is 41.8 Å². The molecule has 0 saturated heterocycles. The highest BCUT2D eigenvalue weighted by molar-refractivity contribution is 6.30. The van der Waals surface area contributed by atoms with E-state index in [0.717, 1.165) is 5.56 Å². The van der Waals surface area contributed by atoms with Crippen LogP contribution >= 0.6 is 11.6 Å². The lowest BCUT2D eigenvalue weighted by Gasteiger charge is -2.10. The van der Waals surface area contributed by atoms with E-state index >= 15 is 0 Å². The normalized spacial score (nSPS) is 9.74. The fourth-order valence-electron chi connectivity index (χ4n) is 2.00. The zero-order chi connectivity index (χ0) is 16.7. The van der Waals surface area contributed by atoms with E-state index < -0.39 is 0 Å². The van der Waals surface area contributed by atoms with Crippen LogP contribution in [0.1, 0.15) is 15.9 Å². The van der Waals surface area contributed by atoms with Crippen LogP contribution in [0.3, 0.4) is 0 Å². The number of carbonyl (C=O) groups excluding carboxylic acids is 2. The van der Waals surface area contributed by atoms with Crippen LogP contribution in [0.4, 0.5) is 5.69 Å². The van der Waals surface area contributed by atoms with Gasteiger partial charge in [0.25, 0.3) is 5.91 Å². The van der Waals surface area contributed by atoms with Gasteiger partial charge in [0.05, 0.1) is 24.2 Å². The molecule has 4 nitrogen and oxygen atoms in total. The lowest BCUT2D eigenvalue weighted by Crippen LogP contribution is -2.25. The summed E-state index contributed by atoms with van der Waals surface area (Å²) in [4.78, 5) is 24.2. The van der Waals surface area contributed by atoms with E-state index in [1.54, 1.807) is 48.5 Å². The van der Waals surface area contributed by atoms with Crippen LogP contribution in [0.2, 0.25) is 5.02 Å². The standard InChI is InChI=1S/C18H15ClN2O2/c1-2-11-20-18(23)15-5-3-4-6-16(15)21-17(22)12-13-7-9-14(19)10-8-13/h1,3-10H,11-12H2,(H,20,23)(H,21,22). The van der Waals surface area contributed by atoms with Crippen molar-refractivity contribution in [2.75, 3.05) is 11.9 Å². The number of halogens is 1. The molecule has 0 aromatic heterocycles. The predicted octanol–water partition coefficient (Wildman–Crippen LogP) is 2.88. The molecule has 2 aromatic carbocycles. The Morgan fingerprint density at radius 3 is 2.48 bits per heavy atom. The van der Waals surface area contributed by atoms with Crippen LogP contribution in [0.5, 0.6) is 0 Å². The molecule has 23 heavy (non-hydrogen) atoms. The number of benzene rings is 2. The van der Waals surface area contributed by atoms with Gasteiger partial charge in [-0.25, -0.2) is 0 Å². The third-order valence-electron chi connectivity index (χ3n) is 3.07. The fourth-order valence-corrected chi connectivity index (χ4v) is 2.12. The largest absolute Gasteiger partial charge is 0.341 e.